The van der Waals surface area contributed by atoms with Gasteiger partial charge in [-0.3, -0.25) is 0 Å². The molecule has 0 aromatic carbocycles. The molecule has 0 aliphatic rings. The molecule has 0 aliphatic carbocycles. The Morgan fingerprint density at radius 2 is 0.826 bits per heavy atom. The third-order valence-electron chi connectivity index (χ3n) is 4.48. The Hall–Kier alpha value is -0.0800. The summed E-state index contributed by atoms with van der Waals surface area (Å²) in [5.41, 5.74) is 4.50. The summed E-state index contributed by atoms with van der Waals surface area (Å²) in [5, 5.41) is 9.17. The zero-order chi connectivity index (χ0) is 17.6. The molecule has 23 heavy (non-hydrogen) atoms. The molecule has 0 bridgehead atoms. The summed E-state index contributed by atoms with van der Waals surface area (Å²) in [6, 6.07) is 0. The van der Waals surface area contributed by atoms with Gasteiger partial charge in [0.25, 0.3) is 0 Å². The number of hydrogen-bond donors (Lipinski definition) is 2. The van der Waals surface area contributed by atoms with E-state index in [1.54, 1.807) is 0 Å². The highest BCUT2D eigenvalue weighted by Crippen LogP contribution is 2.14. The first kappa shape index (κ1) is 25.2. The van der Waals surface area contributed by atoms with Crippen molar-refractivity contribution in [2.45, 2.75) is 129 Å². The van der Waals surface area contributed by atoms with Crippen LogP contribution in [0.25, 0.3) is 0 Å². The van der Waals surface area contributed by atoms with Crippen molar-refractivity contribution < 1.29 is 5.11 Å². The second-order valence-electron chi connectivity index (χ2n) is 6.94. The van der Waals surface area contributed by atoms with Crippen molar-refractivity contribution in [1.82, 2.24) is 0 Å². The first-order valence-electron chi connectivity index (χ1n) is 10.5. The Bertz CT molecular complexity index is 183. The zero-order valence-electron chi connectivity index (χ0n) is 16.6. The highest BCUT2D eigenvalue weighted by Gasteiger charge is 1.96. The molecule has 3 N–H and O–H groups in total. The average Bonchev–Trinajstić information content (AvgIpc) is 2.56. The molecular weight excluding hydrogens is 282 g/mol. The smallest absolute Gasteiger partial charge is 0.0512 e. The zero-order valence-corrected chi connectivity index (χ0v) is 16.6. The molecule has 142 valence electrons. The lowest BCUT2D eigenvalue weighted by Gasteiger charge is -2.04. The fourth-order valence-corrected chi connectivity index (χ4v) is 2.99. The summed E-state index contributed by atoms with van der Waals surface area (Å²) < 4.78 is 0. The molecule has 0 saturated heterocycles. The lowest BCUT2D eigenvalue weighted by Crippen LogP contribution is -1.98. The van der Waals surface area contributed by atoms with Crippen molar-refractivity contribution in [2.24, 2.45) is 5.73 Å². The van der Waals surface area contributed by atoms with E-state index in [-0.39, 0.29) is 6.10 Å². The molecule has 2 heteroatoms. The molecule has 2 nitrogen and oxygen atoms in total. The van der Waals surface area contributed by atoms with Gasteiger partial charge in [-0.1, -0.05) is 110 Å². The van der Waals surface area contributed by atoms with Crippen LogP contribution in [0.15, 0.2) is 0 Å². The van der Waals surface area contributed by atoms with Gasteiger partial charge in [0.1, 0.15) is 0 Å². The van der Waals surface area contributed by atoms with E-state index in [1.807, 2.05) is 6.92 Å². The summed E-state index contributed by atoms with van der Waals surface area (Å²) >= 11 is 0. The minimum atomic E-state index is -0.100. The summed E-state index contributed by atoms with van der Waals surface area (Å²) in [5.74, 6) is 0. The van der Waals surface area contributed by atoms with Crippen LogP contribution in [0.1, 0.15) is 123 Å². The van der Waals surface area contributed by atoms with Crippen molar-refractivity contribution in [3.05, 3.63) is 0 Å². The van der Waals surface area contributed by atoms with E-state index in [2.05, 4.69) is 12.7 Å². The SMILES string of the molecule is CCCCCCCCCCCCCCCCCCC(C)O.CN. The highest BCUT2D eigenvalue weighted by atomic mass is 16.3. The minimum absolute atomic E-state index is 0.100. The second kappa shape index (κ2) is 24.2. The lowest BCUT2D eigenvalue weighted by molar-refractivity contribution is 0.180. The fourth-order valence-electron chi connectivity index (χ4n) is 2.99. The van der Waals surface area contributed by atoms with Gasteiger partial charge in [-0.25, -0.2) is 0 Å². The molecule has 0 aromatic heterocycles. The predicted octanol–water partition coefficient (Wildman–Crippen LogP) is 6.59. The Labute approximate surface area is 147 Å². The van der Waals surface area contributed by atoms with Crippen molar-refractivity contribution in [2.75, 3.05) is 7.05 Å². The van der Waals surface area contributed by atoms with E-state index in [1.165, 1.54) is 110 Å². The van der Waals surface area contributed by atoms with Crippen LogP contribution in [-0.4, -0.2) is 18.3 Å². The van der Waals surface area contributed by atoms with Gasteiger partial charge >= 0.3 is 0 Å². The van der Waals surface area contributed by atoms with Crippen LogP contribution in [0.2, 0.25) is 0 Å². The number of rotatable bonds is 17. The fraction of sp³-hybridized carbons (Fsp3) is 1.00. The standard InChI is InChI=1S/C20H42O.CH5N/c1-3-4-5-6-7-8-9-10-11-12-13-14-15-16-17-18-19-20(2)21;1-2/h20-21H,3-19H2,1-2H3;2H2,1H3. The summed E-state index contributed by atoms with van der Waals surface area (Å²) in [6.45, 7) is 4.18. The first-order valence-corrected chi connectivity index (χ1v) is 10.5. The summed E-state index contributed by atoms with van der Waals surface area (Å²) in [4.78, 5) is 0. The van der Waals surface area contributed by atoms with Gasteiger partial charge in [0.15, 0.2) is 0 Å². The largest absolute Gasteiger partial charge is 0.393 e. The van der Waals surface area contributed by atoms with Crippen LogP contribution in [0.5, 0.6) is 0 Å². The molecule has 0 spiro atoms. The number of aliphatic hydroxyl groups is 1. The number of hydrogen-bond acceptors (Lipinski definition) is 2. The molecule has 0 radical (unpaired) electrons. The third kappa shape index (κ3) is 27.1. The Morgan fingerprint density at radius 1 is 0.565 bits per heavy atom. The van der Waals surface area contributed by atoms with Crippen LogP contribution < -0.4 is 5.73 Å². The number of aliphatic hydroxyl groups excluding tert-OH is 1. The van der Waals surface area contributed by atoms with Gasteiger partial charge in [0, 0.05) is 0 Å². The number of unbranched alkanes of at least 4 members (excludes halogenated alkanes) is 15. The lowest BCUT2D eigenvalue weighted by atomic mass is 10.0. The highest BCUT2D eigenvalue weighted by molar-refractivity contribution is 4.51. The van der Waals surface area contributed by atoms with E-state index in [4.69, 9.17) is 5.11 Å². The van der Waals surface area contributed by atoms with E-state index >= 15 is 0 Å². The molecule has 0 aliphatic heterocycles. The maximum absolute atomic E-state index is 9.17. The van der Waals surface area contributed by atoms with E-state index in [0.717, 1.165) is 6.42 Å². The maximum Gasteiger partial charge on any atom is 0.0512 e. The predicted molar refractivity (Wildman–Crippen MR) is 106 cm³/mol. The van der Waals surface area contributed by atoms with Gasteiger partial charge in [0.2, 0.25) is 0 Å². The quantitative estimate of drug-likeness (QED) is 0.295. The van der Waals surface area contributed by atoms with Crippen molar-refractivity contribution >= 4 is 0 Å². The van der Waals surface area contributed by atoms with E-state index in [0.29, 0.717) is 0 Å². The number of nitrogens with two attached hydrogens (primary N) is 1. The summed E-state index contributed by atoms with van der Waals surface area (Å²) in [7, 11) is 1.50. The Kier molecular flexibility index (Phi) is 26.5. The molecule has 0 heterocycles. The van der Waals surface area contributed by atoms with Crippen LogP contribution in [-0.2, 0) is 0 Å². The molecule has 0 fully saturated rings. The average molecular weight is 330 g/mol. The third-order valence-corrected chi connectivity index (χ3v) is 4.48. The van der Waals surface area contributed by atoms with Crippen LogP contribution in [0.3, 0.4) is 0 Å². The van der Waals surface area contributed by atoms with Crippen LogP contribution >= 0.6 is 0 Å². The van der Waals surface area contributed by atoms with Crippen LogP contribution in [0, 0.1) is 0 Å². The molecular formula is C21H47NO. The van der Waals surface area contributed by atoms with E-state index < -0.39 is 0 Å². The molecule has 0 saturated carbocycles. The Balaban J connectivity index is 0. The Morgan fingerprint density at radius 3 is 1.09 bits per heavy atom. The van der Waals surface area contributed by atoms with Gasteiger partial charge < -0.3 is 10.8 Å². The minimum Gasteiger partial charge on any atom is -0.393 e. The molecule has 1 unspecified atom stereocenters. The van der Waals surface area contributed by atoms with Gasteiger partial charge in [0.05, 0.1) is 6.10 Å². The monoisotopic (exact) mass is 329 g/mol. The van der Waals surface area contributed by atoms with Crippen molar-refractivity contribution in [3.8, 4) is 0 Å². The van der Waals surface area contributed by atoms with Crippen molar-refractivity contribution in [3.63, 3.8) is 0 Å². The second-order valence-corrected chi connectivity index (χ2v) is 6.94. The van der Waals surface area contributed by atoms with Gasteiger partial charge in [-0.2, -0.15) is 0 Å². The maximum atomic E-state index is 9.17. The summed E-state index contributed by atoms with van der Waals surface area (Å²) in [6.07, 6.45) is 23.5. The van der Waals surface area contributed by atoms with Crippen molar-refractivity contribution in [1.29, 1.82) is 0 Å². The molecule has 0 rings (SSSR count). The normalized spacial score (nSPS) is 11.9. The molecule has 1 atom stereocenters. The molecule has 0 amide bonds. The van der Waals surface area contributed by atoms with Gasteiger partial charge in [-0.05, 0) is 20.4 Å². The van der Waals surface area contributed by atoms with Gasteiger partial charge in [-0.15, -0.1) is 0 Å². The molecule has 0 aromatic rings. The van der Waals surface area contributed by atoms with Crippen LogP contribution in [0.4, 0.5) is 0 Å². The first-order chi connectivity index (χ1) is 11.3. The van der Waals surface area contributed by atoms with E-state index in [9.17, 15) is 0 Å². The topological polar surface area (TPSA) is 46.2 Å².